The number of halogens is 3. The van der Waals surface area contributed by atoms with Crippen molar-refractivity contribution in [2.45, 2.75) is 145 Å². The first-order chi connectivity index (χ1) is 35.0. The van der Waals surface area contributed by atoms with E-state index in [-0.39, 0.29) is 47.9 Å². The highest BCUT2D eigenvalue weighted by molar-refractivity contribution is 5.84. The second kappa shape index (κ2) is 20.3. The monoisotopic (exact) mass is 1040 g/mol. The Morgan fingerprint density at radius 1 is 0.622 bits per heavy atom. The molecule has 6 N–H and O–H groups in total. The van der Waals surface area contributed by atoms with Crippen molar-refractivity contribution in [1.29, 1.82) is 0 Å². The molecule has 0 radical (unpaired) electrons. The molecule has 25 nitrogen and oxygen atoms in total. The first-order valence-electron chi connectivity index (χ1n) is 24.1. The molecule has 6 aromatic heterocycles. The van der Waals surface area contributed by atoms with Gasteiger partial charge in [-0.1, -0.05) is 51.9 Å². The minimum atomic E-state index is -4.90. The third kappa shape index (κ3) is 10.4. The number of hydrogen-bond acceptors (Lipinski definition) is 21. The van der Waals surface area contributed by atoms with Crippen LogP contribution in [0.15, 0.2) is 46.5 Å². The van der Waals surface area contributed by atoms with E-state index < -0.39 is 61.2 Å². The highest BCUT2D eigenvalue weighted by atomic mass is 19.4. The molecule has 4 fully saturated rings. The number of amides is 2. The van der Waals surface area contributed by atoms with Gasteiger partial charge < -0.3 is 64.1 Å². The number of likely N-dealkylation sites (tertiary alicyclic amines) is 2. The van der Waals surface area contributed by atoms with Crippen LogP contribution in [0.4, 0.5) is 29.6 Å². The summed E-state index contributed by atoms with van der Waals surface area (Å²) in [6.07, 6.45) is -6.53. The predicted molar refractivity (Wildman–Crippen MR) is 251 cm³/mol. The first kappa shape index (κ1) is 52.3. The molecule has 0 aromatic carbocycles. The zero-order valence-corrected chi connectivity index (χ0v) is 41.5. The Balaban J connectivity index is 0.000000182. The van der Waals surface area contributed by atoms with Gasteiger partial charge in [-0.2, -0.15) is 13.2 Å². The summed E-state index contributed by atoms with van der Waals surface area (Å²) in [5.41, 5.74) is 2.50. The Morgan fingerprint density at radius 2 is 1.03 bits per heavy atom. The SMILES string of the molecule is CC(C)(C)c1cc([C@H]2O[C@@H](n3cnc4c(NC5CCN(C(=O)C(F)(F)F)CC5)ncnc43)[C@H](O)[C@@H]2O)on1.COC(=O)N1CCC(Nc2ncnc3c2ncn3[C@@H]2O[C@H](c3cc(C(C)(C)C)no3)[C@@H](O)[C@H]2O)CC1. The lowest BCUT2D eigenvalue weighted by atomic mass is 9.92. The Kier molecular flexibility index (Phi) is 14.3. The summed E-state index contributed by atoms with van der Waals surface area (Å²) in [6.45, 7) is 13.0. The maximum absolute atomic E-state index is 12.7. The van der Waals surface area contributed by atoms with E-state index >= 15 is 0 Å². The van der Waals surface area contributed by atoms with Crippen molar-refractivity contribution in [3.63, 3.8) is 0 Å². The minimum Gasteiger partial charge on any atom is -0.453 e. The fraction of sp³-hybridized carbons (Fsp3) is 0.609. The van der Waals surface area contributed by atoms with Crippen LogP contribution in [0, 0.1) is 0 Å². The number of nitrogens with zero attached hydrogens (tertiary/aromatic N) is 12. The number of ether oxygens (including phenoxy) is 3. The van der Waals surface area contributed by atoms with Gasteiger partial charge in [0.15, 0.2) is 57.9 Å². The van der Waals surface area contributed by atoms with Gasteiger partial charge in [-0.25, -0.2) is 34.7 Å². The standard InChI is InChI=1S/C23H28F3N7O5.C23H31N7O6/c1-22(2,3)13-8-12(38-31-13)17-15(34)16(35)20(37-17)33-10-29-14-18(27-9-28-19(14)33)30-11-4-6-32(7-5-11)21(36)23(24,25)26;1-23(2,3)14-9-13(36-28-14)18-16(31)17(32)21(35-18)30-11-26-15-19(24-10-25-20(15)30)27-12-5-7-29(8-6-12)22(33)34-4/h8-11,15-17,20,34-35H,4-7H2,1-3H3,(H,27,28,30);9-12,16-18,21,31-32H,5-8H2,1-4H3,(H,24,25,27)/t15-,16+,17+,20+;16-,17+,18+,21+/m00/s1. The average Bonchev–Trinajstić information content (AvgIpc) is 4.24. The molecule has 28 heteroatoms. The van der Waals surface area contributed by atoms with Crippen molar-refractivity contribution in [1.82, 2.24) is 59.2 Å². The van der Waals surface area contributed by atoms with E-state index in [1.807, 2.05) is 41.5 Å². The number of anilines is 2. The Labute approximate surface area is 420 Å². The molecule has 0 aliphatic carbocycles. The molecule has 8 atom stereocenters. The molecule has 4 aliphatic rings. The molecule has 10 rings (SSSR count). The molecule has 400 valence electrons. The molecule has 4 saturated heterocycles. The smallest absolute Gasteiger partial charge is 0.453 e. The number of hydrogen-bond donors (Lipinski definition) is 6. The van der Waals surface area contributed by atoms with Crippen LogP contribution in [-0.4, -0.2) is 168 Å². The number of imidazole rings is 2. The molecular weight excluding hydrogens is 982 g/mol. The van der Waals surface area contributed by atoms with Crippen molar-refractivity contribution >= 4 is 46.0 Å². The quantitative estimate of drug-likeness (QED) is 0.126. The summed E-state index contributed by atoms with van der Waals surface area (Å²) in [4.78, 5) is 51.7. The number of rotatable bonds is 8. The number of carbonyl (C=O) groups excluding carboxylic acids is 2. The number of alkyl halides is 3. The van der Waals surface area contributed by atoms with Crippen LogP contribution in [0.1, 0.15) is 115 Å². The van der Waals surface area contributed by atoms with Crippen molar-refractivity contribution in [2.75, 3.05) is 43.9 Å². The first-order valence-corrected chi connectivity index (χ1v) is 24.1. The Hall–Kier alpha value is -6.59. The van der Waals surface area contributed by atoms with Crippen molar-refractivity contribution in [3.05, 3.63) is 60.4 Å². The highest BCUT2D eigenvalue weighted by Crippen LogP contribution is 2.43. The number of nitrogens with one attached hydrogen (secondary N) is 2. The Morgan fingerprint density at radius 3 is 1.39 bits per heavy atom. The molecule has 0 saturated carbocycles. The maximum Gasteiger partial charge on any atom is 0.471 e. The number of methoxy groups -OCH3 is 1. The highest BCUT2D eigenvalue weighted by Gasteiger charge is 2.49. The van der Waals surface area contributed by atoms with E-state index in [9.17, 15) is 43.2 Å². The van der Waals surface area contributed by atoms with Crippen LogP contribution in [-0.2, 0) is 29.8 Å². The van der Waals surface area contributed by atoms with Crippen molar-refractivity contribution in [2.24, 2.45) is 0 Å². The van der Waals surface area contributed by atoms with Gasteiger partial charge in [0.2, 0.25) is 0 Å². The van der Waals surface area contributed by atoms with Gasteiger partial charge in [-0.3, -0.25) is 13.9 Å². The van der Waals surface area contributed by atoms with Crippen molar-refractivity contribution in [3.8, 4) is 0 Å². The molecule has 0 spiro atoms. The summed E-state index contributed by atoms with van der Waals surface area (Å²) < 4.78 is 68.9. The molecule has 10 heterocycles. The summed E-state index contributed by atoms with van der Waals surface area (Å²) in [5.74, 6) is -0.321. The molecular formula is C46H59F3N14O11. The fourth-order valence-corrected chi connectivity index (χ4v) is 9.22. The van der Waals surface area contributed by atoms with Gasteiger partial charge in [0.1, 0.15) is 49.3 Å². The van der Waals surface area contributed by atoms with E-state index in [0.717, 1.165) is 23.4 Å². The zero-order chi connectivity index (χ0) is 53.0. The number of piperidine rings is 2. The average molecular weight is 1040 g/mol. The van der Waals surface area contributed by atoms with Gasteiger partial charge in [0.25, 0.3) is 0 Å². The summed E-state index contributed by atoms with van der Waals surface area (Å²) >= 11 is 0. The fourth-order valence-electron chi connectivity index (χ4n) is 9.22. The van der Waals surface area contributed by atoms with Crippen LogP contribution in [0.25, 0.3) is 22.3 Å². The van der Waals surface area contributed by atoms with Gasteiger partial charge in [-0.15, -0.1) is 0 Å². The van der Waals surface area contributed by atoms with Crippen LogP contribution in [0.2, 0.25) is 0 Å². The maximum atomic E-state index is 12.7. The topological polar surface area (TPSA) is 313 Å². The third-order valence-electron chi connectivity index (χ3n) is 13.5. The Bertz CT molecular complexity index is 2940. The van der Waals surface area contributed by atoms with Crippen molar-refractivity contribution < 1.29 is 66.4 Å². The molecule has 74 heavy (non-hydrogen) atoms. The van der Waals surface area contributed by atoms with Gasteiger partial charge in [0.05, 0.1) is 31.2 Å². The molecule has 0 unspecified atom stereocenters. The molecule has 2 amide bonds. The molecule has 6 aromatic rings. The van der Waals surface area contributed by atoms with E-state index in [0.29, 0.717) is 71.3 Å². The predicted octanol–water partition coefficient (Wildman–Crippen LogP) is 3.82. The van der Waals surface area contributed by atoms with Gasteiger partial charge in [0, 0.05) is 61.2 Å². The lowest BCUT2D eigenvalue weighted by Crippen LogP contribution is -2.47. The lowest BCUT2D eigenvalue weighted by Gasteiger charge is -2.32. The summed E-state index contributed by atoms with van der Waals surface area (Å²) in [5, 5.41) is 57.8. The largest absolute Gasteiger partial charge is 0.471 e. The number of aliphatic hydroxyl groups is 4. The second-order valence-electron chi connectivity index (χ2n) is 20.8. The van der Waals surface area contributed by atoms with Crippen LogP contribution >= 0.6 is 0 Å². The number of fused-ring (bicyclic) bond motifs is 2. The van der Waals surface area contributed by atoms with Gasteiger partial charge in [-0.05, 0) is 25.7 Å². The molecule has 4 aliphatic heterocycles. The van der Waals surface area contributed by atoms with E-state index in [2.05, 4.69) is 50.9 Å². The molecule has 0 bridgehead atoms. The third-order valence-corrected chi connectivity index (χ3v) is 13.5. The normalized spacial score (nSPS) is 25.4. The summed E-state index contributed by atoms with van der Waals surface area (Å²) in [7, 11) is 1.38. The second-order valence-corrected chi connectivity index (χ2v) is 20.8. The minimum absolute atomic E-state index is 0.0430. The lowest BCUT2D eigenvalue weighted by molar-refractivity contribution is -0.186. The van der Waals surface area contributed by atoms with Crippen LogP contribution in [0.3, 0.4) is 0 Å². The van der Waals surface area contributed by atoms with Crippen LogP contribution in [0.5, 0.6) is 0 Å². The van der Waals surface area contributed by atoms with E-state index in [1.54, 1.807) is 21.6 Å². The van der Waals surface area contributed by atoms with E-state index in [4.69, 9.17) is 23.3 Å². The van der Waals surface area contributed by atoms with Crippen LogP contribution < -0.4 is 10.6 Å². The zero-order valence-electron chi connectivity index (χ0n) is 41.5. The summed E-state index contributed by atoms with van der Waals surface area (Å²) in [6, 6.07) is 3.29. The number of carbonyl (C=O) groups is 2. The van der Waals surface area contributed by atoms with E-state index in [1.165, 1.54) is 37.0 Å². The van der Waals surface area contributed by atoms with Gasteiger partial charge >= 0.3 is 18.2 Å². The number of aromatic nitrogens is 10. The number of aliphatic hydroxyl groups excluding tert-OH is 4.